The van der Waals surface area contributed by atoms with Gasteiger partial charge in [0.2, 0.25) is 5.12 Å². The second-order valence-corrected chi connectivity index (χ2v) is 7.71. The Balaban J connectivity index is 1.84. The number of rotatable bonds is 3. The van der Waals surface area contributed by atoms with Crippen LogP contribution in [0.1, 0.15) is 35.0 Å². The molecule has 7 nitrogen and oxygen atoms in total. The van der Waals surface area contributed by atoms with Gasteiger partial charge in [0.15, 0.2) is 5.82 Å². The van der Waals surface area contributed by atoms with Crippen molar-refractivity contribution in [3.63, 3.8) is 0 Å². The molecule has 1 amide bonds. The molecule has 26 heavy (non-hydrogen) atoms. The number of aliphatic imine (C=N–C) groups is 1. The number of amides is 1. The molecular weight excluding hydrogens is 352 g/mol. The largest absolute Gasteiger partial charge is 0.356 e. The lowest BCUT2D eigenvalue weighted by atomic mass is 10.1. The van der Waals surface area contributed by atoms with E-state index in [-0.39, 0.29) is 12.5 Å². The topological polar surface area (TPSA) is 102 Å². The maximum absolute atomic E-state index is 13.3. The third-order valence-corrected chi connectivity index (χ3v) is 5.96. The SMILES string of the molecule is CCc1n[nH]c2c1C(=O)N(C1CCSC1(O)O)CC(c1ccccc1)=N2. The number of aryl methyl sites for hydroxylation is 1. The van der Waals surface area contributed by atoms with Gasteiger partial charge >= 0.3 is 0 Å². The first-order chi connectivity index (χ1) is 12.5. The number of hydrogen-bond donors (Lipinski definition) is 3. The van der Waals surface area contributed by atoms with Gasteiger partial charge in [0.05, 0.1) is 24.0 Å². The summed E-state index contributed by atoms with van der Waals surface area (Å²) < 4.78 is 0. The summed E-state index contributed by atoms with van der Waals surface area (Å²) in [4.78, 5) is 19.5. The molecule has 0 saturated carbocycles. The Bertz CT molecular complexity index is 863. The minimum atomic E-state index is -1.96. The quantitative estimate of drug-likeness (QED) is 0.712. The molecule has 1 fully saturated rings. The van der Waals surface area contributed by atoms with Crippen LogP contribution < -0.4 is 0 Å². The van der Waals surface area contributed by atoms with Crippen molar-refractivity contribution in [3.8, 4) is 0 Å². The van der Waals surface area contributed by atoms with Gasteiger partial charge in [0.1, 0.15) is 5.56 Å². The number of aromatic amines is 1. The summed E-state index contributed by atoms with van der Waals surface area (Å²) in [6.07, 6.45) is 1.10. The number of aromatic nitrogens is 2. The Morgan fingerprint density at radius 1 is 1.35 bits per heavy atom. The van der Waals surface area contributed by atoms with E-state index in [1.165, 1.54) is 4.90 Å². The van der Waals surface area contributed by atoms with Crippen LogP contribution in [0.3, 0.4) is 0 Å². The van der Waals surface area contributed by atoms with Crippen LogP contribution in [0.2, 0.25) is 0 Å². The van der Waals surface area contributed by atoms with Gasteiger partial charge in [-0.15, -0.1) is 0 Å². The Morgan fingerprint density at radius 3 is 2.77 bits per heavy atom. The maximum Gasteiger partial charge on any atom is 0.260 e. The Labute approximate surface area is 155 Å². The number of nitrogens with zero attached hydrogens (tertiary/aromatic N) is 3. The Kier molecular flexibility index (Phi) is 4.34. The second kappa shape index (κ2) is 6.53. The molecule has 2 aromatic rings. The van der Waals surface area contributed by atoms with Crippen LogP contribution in [0.25, 0.3) is 0 Å². The minimum Gasteiger partial charge on any atom is -0.356 e. The first-order valence-electron chi connectivity index (χ1n) is 8.61. The van der Waals surface area contributed by atoms with E-state index in [1.54, 1.807) is 0 Å². The summed E-state index contributed by atoms with van der Waals surface area (Å²) >= 11 is 1.05. The van der Waals surface area contributed by atoms with Gasteiger partial charge in [-0.3, -0.25) is 9.89 Å². The van der Waals surface area contributed by atoms with Crippen molar-refractivity contribution in [2.45, 2.75) is 30.9 Å². The molecule has 2 aliphatic heterocycles. The first kappa shape index (κ1) is 17.3. The average Bonchev–Trinajstić information content (AvgIpc) is 3.17. The van der Waals surface area contributed by atoms with E-state index in [1.807, 2.05) is 37.3 Å². The van der Waals surface area contributed by atoms with Gasteiger partial charge < -0.3 is 15.1 Å². The molecule has 1 aromatic heterocycles. The van der Waals surface area contributed by atoms with Crippen LogP contribution in [-0.2, 0) is 6.42 Å². The summed E-state index contributed by atoms with van der Waals surface area (Å²) in [7, 11) is 0. The second-order valence-electron chi connectivity index (χ2n) is 6.42. The van der Waals surface area contributed by atoms with Gasteiger partial charge in [-0.05, 0) is 18.4 Å². The molecule has 0 aliphatic carbocycles. The number of H-pyrrole nitrogens is 1. The molecule has 0 radical (unpaired) electrons. The fourth-order valence-corrected chi connectivity index (χ4v) is 4.56. The molecule has 3 heterocycles. The average molecular weight is 372 g/mol. The first-order valence-corrected chi connectivity index (χ1v) is 9.59. The third-order valence-electron chi connectivity index (χ3n) is 4.82. The molecule has 1 aromatic carbocycles. The van der Waals surface area contributed by atoms with E-state index in [0.717, 1.165) is 17.3 Å². The summed E-state index contributed by atoms with van der Waals surface area (Å²) in [5, 5.41) is 25.8. The smallest absolute Gasteiger partial charge is 0.260 e. The summed E-state index contributed by atoms with van der Waals surface area (Å²) in [5.74, 6) is 0.749. The molecule has 8 heteroatoms. The summed E-state index contributed by atoms with van der Waals surface area (Å²) in [6.45, 7) is 2.14. The van der Waals surface area contributed by atoms with Crippen molar-refractivity contribution in [3.05, 3.63) is 47.2 Å². The Hall–Kier alpha value is -2.16. The van der Waals surface area contributed by atoms with E-state index in [9.17, 15) is 15.0 Å². The highest BCUT2D eigenvalue weighted by Gasteiger charge is 2.47. The van der Waals surface area contributed by atoms with E-state index in [0.29, 0.717) is 41.4 Å². The van der Waals surface area contributed by atoms with Crippen molar-refractivity contribution in [2.75, 3.05) is 12.3 Å². The standard InChI is InChI=1S/C18H20N4O3S/c1-2-12-15-16(21-20-12)19-13(11-6-4-3-5-7-11)10-22(17(15)23)14-8-9-26-18(14,24)25/h3-7,14,24-25H,2,8-10H2,1H3,(H,20,21). The Morgan fingerprint density at radius 2 is 2.12 bits per heavy atom. The molecule has 3 N–H and O–H groups in total. The highest BCUT2D eigenvalue weighted by atomic mass is 32.2. The molecule has 136 valence electrons. The highest BCUT2D eigenvalue weighted by Crippen LogP contribution is 2.39. The van der Waals surface area contributed by atoms with E-state index < -0.39 is 11.2 Å². The maximum atomic E-state index is 13.3. The number of thioether (sulfide) groups is 1. The predicted octanol–water partition coefficient (Wildman–Crippen LogP) is 1.69. The van der Waals surface area contributed by atoms with Crippen LogP contribution in [0, 0.1) is 0 Å². The van der Waals surface area contributed by atoms with Gasteiger partial charge in [-0.1, -0.05) is 49.0 Å². The van der Waals surface area contributed by atoms with Crippen LogP contribution in [0.5, 0.6) is 0 Å². The van der Waals surface area contributed by atoms with Crippen molar-refractivity contribution in [2.24, 2.45) is 4.99 Å². The van der Waals surface area contributed by atoms with Crippen molar-refractivity contribution >= 4 is 29.2 Å². The van der Waals surface area contributed by atoms with Crippen LogP contribution in [-0.4, -0.2) is 60.4 Å². The number of hydrogen-bond acceptors (Lipinski definition) is 6. The number of carbonyl (C=O) groups is 1. The van der Waals surface area contributed by atoms with E-state index >= 15 is 0 Å². The number of fused-ring (bicyclic) bond motifs is 1. The molecule has 1 saturated heterocycles. The number of carbonyl (C=O) groups excluding carboxylic acids is 1. The minimum absolute atomic E-state index is 0.211. The highest BCUT2D eigenvalue weighted by molar-refractivity contribution is 8.00. The zero-order valence-electron chi connectivity index (χ0n) is 14.3. The number of aliphatic hydroxyl groups is 2. The molecule has 1 atom stereocenters. The normalized spacial score (nSPS) is 22.1. The summed E-state index contributed by atoms with van der Waals surface area (Å²) in [6, 6.07) is 8.90. The van der Waals surface area contributed by atoms with Crippen LogP contribution in [0.4, 0.5) is 5.82 Å². The van der Waals surface area contributed by atoms with Crippen LogP contribution >= 0.6 is 11.8 Å². The number of nitrogens with one attached hydrogen (secondary N) is 1. The van der Waals surface area contributed by atoms with Gasteiger partial charge in [0.25, 0.3) is 5.91 Å². The lowest BCUT2D eigenvalue weighted by Crippen LogP contribution is -2.52. The molecule has 0 spiro atoms. The summed E-state index contributed by atoms with van der Waals surface area (Å²) in [5.41, 5.74) is 2.64. The molecule has 1 unspecified atom stereocenters. The number of benzene rings is 1. The predicted molar refractivity (Wildman–Crippen MR) is 99.7 cm³/mol. The molecule has 4 rings (SSSR count). The zero-order valence-corrected chi connectivity index (χ0v) is 15.2. The van der Waals surface area contributed by atoms with Crippen LogP contribution in [0.15, 0.2) is 35.3 Å². The fraction of sp³-hybridized carbons (Fsp3) is 0.389. The monoisotopic (exact) mass is 372 g/mol. The zero-order chi connectivity index (χ0) is 18.3. The van der Waals surface area contributed by atoms with Crippen molar-refractivity contribution < 1.29 is 15.0 Å². The van der Waals surface area contributed by atoms with Crippen molar-refractivity contribution in [1.82, 2.24) is 15.1 Å². The fourth-order valence-electron chi connectivity index (χ4n) is 3.48. The third kappa shape index (κ3) is 2.84. The molecular formula is C18H20N4O3S. The van der Waals surface area contributed by atoms with E-state index in [4.69, 9.17) is 0 Å². The van der Waals surface area contributed by atoms with Gasteiger partial charge in [-0.2, -0.15) is 5.10 Å². The lowest BCUT2D eigenvalue weighted by molar-refractivity contribution is -0.117. The molecule has 0 bridgehead atoms. The molecule has 2 aliphatic rings. The van der Waals surface area contributed by atoms with Crippen molar-refractivity contribution in [1.29, 1.82) is 0 Å². The van der Waals surface area contributed by atoms with E-state index in [2.05, 4.69) is 15.2 Å². The van der Waals surface area contributed by atoms with Gasteiger partial charge in [0, 0.05) is 5.75 Å². The lowest BCUT2D eigenvalue weighted by Gasteiger charge is -2.34. The van der Waals surface area contributed by atoms with Gasteiger partial charge in [-0.25, -0.2) is 4.99 Å².